The molecule has 0 bridgehead atoms. The van der Waals surface area contributed by atoms with Crippen LogP contribution in [0.15, 0.2) is 30.3 Å². The highest BCUT2D eigenvalue weighted by Crippen LogP contribution is 2.22. The van der Waals surface area contributed by atoms with Gasteiger partial charge in [0, 0.05) is 45.1 Å². The number of aromatic nitrogens is 2. The zero-order valence-electron chi connectivity index (χ0n) is 17.6. The Balaban J connectivity index is 1.43. The quantitative estimate of drug-likeness (QED) is 0.809. The summed E-state index contributed by atoms with van der Waals surface area (Å²) in [4.78, 5) is 26.4. The fraction of sp³-hybridized carbons (Fsp3) is 0.500. The third kappa shape index (κ3) is 5.06. The van der Waals surface area contributed by atoms with Gasteiger partial charge in [-0.3, -0.25) is 4.79 Å². The molecule has 0 unspecified atom stereocenters. The van der Waals surface area contributed by atoms with Crippen LogP contribution in [0.25, 0.3) is 0 Å². The molecule has 2 aromatic rings. The molecular formula is C22H29N5O3. The monoisotopic (exact) mass is 411 g/mol. The van der Waals surface area contributed by atoms with Crippen molar-refractivity contribution in [2.45, 2.75) is 25.9 Å². The van der Waals surface area contributed by atoms with E-state index in [1.54, 1.807) is 18.2 Å². The van der Waals surface area contributed by atoms with Gasteiger partial charge in [-0.2, -0.15) is 0 Å². The number of pyridine rings is 2. The molecule has 2 aliphatic rings. The van der Waals surface area contributed by atoms with Crippen molar-refractivity contribution in [1.29, 1.82) is 0 Å². The van der Waals surface area contributed by atoms with Crippen LogP contribution in [-0.2, 0) is 4.74 Å². The van der Waals surface area contributed by atoms with E-state index in [9.17, 15) is 4.79 Å². The largest absolute Gasteiger partial charge is 0.474 e. The van der Waals surface area contributed by atoms with Crippen LogP contribution in [-0.4, -0.2) is 73.3 Å². The van der Waals surface area contributed by atoms with Crippen molar-refractivity contribution in [2.75, 3.05) is 56.7 Å². The van der Waals surface area contributed by atoms with E-state index in [1.165, 1.54) is 0 Å². The number of nitrogens with zero attached hydrogens (tertiary/aromatic N) is 4. The molecule has 1 amide bonds. The number of likely N-dealkylation sites (N-methyl/N-ethyl adjacent to an activating group) is 1. The highest BCUT2D eigenvalue weighted by atomic mass is 16.5. The second-order valence-corrected chi connectivity index (χ2v) is 7.87. The Morgan fingerprint density at radius 2 is 1.87 bits per heavy atom. The Hall–Kier alpha value is -2.71. The van der Waals surface area contributed by atoms with Gasteiger partial charge in [0.15, 0.2) is 0 Å². The Morgan fingerprint density at radius 3 is 2.63 bits per heavy atom. The van der Waals surface area contributed by atoms with Crippen LogP contribution in [0, 0.1) is 6.92 Å². The Kier molecular flexibility index (Phi) is 6.44. The maximum atomic E-state index is 12.8. The van der Waals surface area contributed by atoms with Crippen LogP contribution in [0.2, 0.25) is 0 Å². The van der Waals surface area contributed by atoms with Crippen LogP contribution >= 0.6 is 0 Å². The summed E-state index contributed by atoms with van der Waals surface area (Å²) in [5, 5.41) is 2.88. The zero-order chi connectivity index (χ0) is 20.9. The van der Waals surface area contributed by atoms with Crippen molar-refractivity contribution in [3.8, 4) is 5.88 Å². The minimum Gasteiger partial charge on any atom is -0.474 e. The van der Waals surface area contributed by atoms with Gasteiger partial charge in [-0.15, -0.1) is 0 Å². The molecule has 1 N–H and O–H groups in total. The molecule has 0 spiro atoms. The molecule has 4 heterocycles. The number of piperazine rings is 1. The van der Waals surface area contributed by atoms with Gasteiger partial charge in [-0.1, -0.05) is 12.1 Å². The molecule has 0 atom stereocenters. The van der Waals surface area contributed by atoms with Crippen LogP contribution in [0.3, 0.4) is 0 Å². The van der Waals surface area contributed by atoms with Gasteiger partial charge in [0.2, 0.25) is 5.88 Å². The number of amides is 1. The van der Waals surface area contributed by atoms with Crippen molar-refractivity contribution < 1.29 is 14.3 Å². The molecule has 8 heteroatoms. The van der Waals surface area contributed by atoms with Crippen molar-refractivity contribution in [3.63, 3.8) is 0 Å². The van der Waals surface area contributed by atoms with Crippen molar-refractivity contribution in [1.82, 2.24) is 14.9 Å². The van der Waals surface area contributed by atoms with Crippen LogP contribution < -0.4 is 15.0 Å². The molecule has 30 heavy (non-hydrogen) atoms. The number of hydrogen-bond donors (Lipinski definition) is 1. The molecular weight excluding hydrogens is 382 g/mol. The maximum absolute atomic E-state index is 12.8. The lowest BCUT2D eigenvalue weighted by Gasteiger charge is -2.34. The third-order valence-corrected chi connectivity index (χ3v) is 5.53. The number of ether oxygens (including phenoxy) is 2. The first kappa shape index (κ1) is 20.6. The lowest BCUT2D eigenvalue weighted by molar-refractivity contribution is 0.0236. The number of anilines is 2. The van der Waals surface area contributed by atoms with E-state index in [0.717, 1.165) is 50.4 Å². The highest BCUT2D eigenvalue weighted by molar-refractivity contribution is 6.02. The summed E-state index contributed by atoms with van der Waals surface area (Å²) in [5.41, 5.74) is 1.41. The summed E-state index contributed by atoms with van der Waals surface area (Å²) in [6.07, 6.45) is 1.75. The summed E-state index contributed by atoms with van der Waals surface area (Å²) in [6.45, 7) is 7.29. The summed E-state index contributed by atoms with van der Waals surface area (Å²) < 4.78 is 11.3. The van der Waals surface area contributed by atoms with Crippen LogP contribution in [0.1, 0.15) is 28.9 Å². The first-order valence-corrected chi connectivity index (χ1v) is 10.5. The third-order valence-electron chi connectivity index (χ3n) is 5.53. The van der Waals surface area contributed by atoms with E-state index < -0.39 is 0 Å². The average molecular weight is 412 g/mol. The van der Waals surface area contributed by atoms with Gasteiger partial charge in [0.1, 0.15) is 23.4 Å². The molecule has 2 saturated heterocycles. The van der Waals surface area contributed by atoms with Gasteiger partial charge in [0.05, 0.1) is 13.2 Å². The Labute approximate surface area is 177 Å². The number of hydrogen-bond acceptors (Lipinski definition) is 7. The Bertz CT molecular complexity index is 877. The summed E-state index contributed by atoms with van der Waals surface area (Å²) in [7, 11) is 2.13. The molecule has 8 nitrogen and oxygen atoms in total. The fourth-order valence-corrected chi connectivity index (χ4v) is 3.68. The molecule has 0 radical (unpaired) electrons. The van der Waals surface area contributed by atoms with E-state index in [1.807, 2.05) is 19.1 Å². The SMILES string of the molecule is Cc1ccc(NC(=O)c2cccc(OC3CCOCC3)n2)nc1N1CCN(C)CC1. The minimum atomic E-state index is -0.298. The van der Waals surface area contributed by atoms with Crippen molar-refractivity contribution >= 4 is 17.5 Å². The predicted octanol–water partition coefficient (Wildman–Crippen LogP) is 2.35. The van der Waals surface area contributed by atoms with E-state index in [0.29, 0.717) is 30.6 Å². The highest BCUT2D eigenvalue weighted by Gasteiger charge is 2.19. The first-order chi connectivity index (χ1) is 14.6. The van der Waals surface area contributed by atoms with Gasteiger partial charge >= 0.3 is 0 Å². The van der Waals surface area contributed by atoms with Gasteiger partial charge in [-0.25, -0.2) is 9.97 Å². The van der Waals surface area contributed by atoms with Crippen molar-refractivity contribution in [2.24, 2.45) is 0 Å². The lowest BCUT2D eigenvalue weighted by atomic mass is 10.1. The smallest absolute Gasteiger partial charge is 0.275 e. The number of aryl methyl sites for hydroxylation is 1. The van der Waals surface area contributed by atoms with Gasteiger partial charge < -0.3 is 24.6 Å². The maximum Gasteiger partial charge on any atom is 0.275 e. The minimum absolute atomic E-state index is 0.0782. The molecule has 2 aliphatic heterocycles. The van der Waals surface area contributed by atoms with E-state index in [4.69, 9.17) is 14.5 Å². The lowest BCUT2D eigenvalue weighted by Crippen LogP contribution is -2.45. The molecule has 2 aromatic heterocycles. The second-order valence-electron chi connectivity index (χ2n) is 7.87. The summed E-state index contributed by atoms with van der Waals surface area (Å²) >= 11 is 0. The van der Waals surface area contributed by atoms with Crippen LogP contribution in [0.5, 0.6) is 5.88 Å². The summed E-state index contributed by atoms with van der Waals surface area (Å²) in [5.74, 6) is 1.61. The molecule has 0 aliphatic carbocycles. The topological polar surface area (TPSA) is 79.8 Å². The molecule has 2 fully saturated rings. The second kappa shape index (κ2) is 9.40. The standard InChI is InChI=1S/C22H29N5O3/c1-16-6-7-19(24-21(16)27-12-10-26(2)11-13-27)25-22(28)18-4-3-5-20(23-18)30-17-8-14-29-15-9-17/h3-7,17H,8-15H2,1-2H3,(H,24,25,28). The number of carbonyl (C=O) groups excluding carboxylic acids is 1. The number of rotatable bonds is 5. The molecule has 160 valence electrons. The predicted molar refractivity (Wildman–Crippen MR) is 115 cm³/mol. The van der Waals surface area contributed by atoms with Gasteiger partial charge in [-0.05, 0) is 31.7 Å². The van der Waals surface area contributed by atoms with E-state index in [2.05, 4.69) is 27.1 Å². The zero-order valence-corrected chi connectivity index (χ0v) is 17.6. The number of carbonyl (C=O) groups is 1. The average Bonchev–Trinajstić information content (AvgIpc) is 2.77. The Morgan fingerprint density at radius 1 is 1.10 bits per heavy atom. The van der Waals surface area contributed by atoms with E-state index in [-0.39, 0.29) is 12.0 Å². The molecule has 0 aromatic carbocycles. The number of nitrogens with one attached hydrogen (secondary N) is 1. The molecule has 4 rings (SSSR count). The van der Waals surface area contributed by atoms with Crippen molar-refractivity contribution in [3.05, 3.63) is 41.6 Å². The first-order valence-electron chi connectivity index (χ1n) is 10.5. The van der Waals surface area contributed by atoms with E-state index >= 15 is 0 Å². The fourth-order valence-electron chi connectivity index (χ4n) is 3.68. The summed E-state index contributed by atoms with van der Waals surface area (Å²) in [6, 6.07) is 9.07. The normalized spacial score (nSPS) is 18.3. The molecule has 0 saturated carbocycles. The van der Waals surface area contributed by atoms with Crippen LogP contribution in [0.4, 0.5) is 11.6 Å². The van der Waals surface area contributed by atoms with Gasteiger partial charge in [0.25, 0.3) is 5.91 Å².